The van der Waals surface area contributed by atoms with Crippen LogP contribution in [0.4, 0.5) is 4.79 Å². The first-order valence-corrected chi connectivity index (χ1v) is 9.41. The molecule has 0 unspecified atom stereocenters. The number of piperidine rings is 1. The molecule has 3 rings (SSSR count). The van der Waals surface area contributed by atoms with E-state index in [-0.39, 0.29) is 12.0 Å². The van der Waals surface area contributed by atoms with Gasteiger partial charge in [0.15, 0.2) is 0 Å². The van der Waals surface area contributed by atoms with Gasteiger partial charge in [0.05, 0.1) is 5.56 Å². The van der Waals surface area contributed by atoms with Crippen molar-refractivity contribution in [1.82, 2.24) is 14.8 Å². The van der Waals surface area contributed by atoms with Crippen LogP contribution in [0.3, 0.4) is 0 Å². The molecule has 2 aliphatic rings. The van der Waals surface area contributed by atoms with Crippen molar-refractivity contribution in [2.45, 2.75) is 32.8 Å². The number of carbonyl (C=O) groups is 2. The zero-order chi connectivity index (χ0) is 18.2. The summed E-state index contributed by atoms with van der Waals surface area (Å²) >= 11 is 3.28. The van der Waals surface area contributed by atoms with E-state index < -0.39 is 5.60 Å². The van der Waals surface area contributed by atoms with Crippen molar-refractivity contribution in [3.8, 4) is 0 Å². The summed E-state index contributed by atoms with van der Waals surface area (Å²) in [5.41, 5.74) is 0.117. The summed E-state index contributed by atoms with van der Waals surface area (Å²) in [7, 11) is 0. The number of halogens is 1. The van der Waals surface area contributed by atoms with Gasteiger partial charge in [-0.15, -0.1) is 0 Å². The SMILES string of the molecule is CC(C)(C)OC(=O)N1CC[C@@H]2CN(C(=O)c3ccc(Br)nc3)C[C@@H]2C1. The number of fused-ring (bicyclic) bond motifs is 1. The van der Waals surface area contributed by atoms with Gasteiger partial charge in [-0.3, -0.25) is 4.79 Å². The number of pyridine rings is 1. The van der Waals surface area contributed by atoms with Gasteiger partial charge in [0.2, 0.25) is 0 Å². The summed E-state index contributed by atoms with van der Waals surface area (Å²) in [6.07, 6.45) is 2.25. The number of amides is 2. The second-order valence-electron chi connectivity index (χ2n) is 7.81. The summed E-state index contributed by atoms with van der Waals surface area (Å²) in [5, 5.41) is 0. The van der Waals surface area contributed by atoms with E-state index in [0.717, 1.165) is 13.0 Å². The quantitative estimate of drug-likeness (QED) is 0.668. The van der Waals surface area contributed by atoms with E-state index in [1.807, 2.05) is 25.7 Å². The van der Waals surface area contributed by atoms with Gasteiger partial charge in [-0.2, -0.15) is 0 Å². The van der Waals surface area contributed by atoms with Crippen molar-refractivity contribution >= 4 is 27.9 Å². The molecule has 2 saturated heterocycles. The molecule has 0 spiro atoms. The number of hydrogen-bond donors (Lipinski definition) is 0. The van der Waals surface area contributed by atoms with Gasteiger partial charge in [0.1, 0.15) is 10.2 Å². The maximum absolute atomic E-state index is 12.7. The van der Waals surface area contributed by atoms with Crippen LogP contribution in [0.15, 0.2) is 22.9 Å². The molecule has 1 aromatic heterocycles. The summed E-state index contributed by atoms with van der Waals surface area (Å²) in [6, 6.07) is 3.56. The fourth-order valence-electron chi connectivity index (χ4n) is 3.51. The van der Waals surface area contributed by atoms with Crippen LogP contribution in [0.5, 0.6) is 0 Å². The molecule has 2 amide bonds. The van der Waals surface area contributed by atoms with Gasteiger partial charge < -0.3 is 14.5 Å². The summed E-state index contributed by atoms with van der Waals surface area (Å²) in [5.74, 6) is 0.776. The van der Waals surface area contributed by atoms with Gasteiger partial charge in [0.25, 0.3) is 5.91 Å². The maximum atomic E-state index is 12.7. The third-order valence-electron chi connectivity index (χ3n) is 4.71. The molecule has 25 heavy (non-hydrogen) atoms. The average molecular weight is 410 g/mol. The Bertz CT molecular complexity index is 657. The molecule has 0 N–H and O–H groups in total. The average Bonchev–Trinajstić information content (AvgIpc) is 2.96. The van der Waals surface area contributed by atoms with Crippen LogP contribution in [-0.4, -0.2) is 58.6 Å². The van der Waals surface area contributed by atoms with Crippen molar-refractivity contribution in [2.75, 3.05) is 26.2 Å². The van der Waals surface area contributed by atoms with E-state index in [2.05, 4.69) is 20.9 Å². The maximum Gasteiger partial charge on any atom is 0.410 e. The molecule has 136 valence electrons. The van der Waals surface area contributed by atoms with Crippen LogP contribution in [0.2, 0.25) is 0 Å². The first-order chi connectivity index (χ1) is 11.7. The molecule has 1 aromatic rings. The van der Waals surface area contributed by atoms with Gasteiger partial charge in [-0.25, -0.2) is 9.78 Å². The number of hydrogen-bond acceptors (Lipinski definition) is 4. The molecule has 0 radical (unpaired) electrons. The standard InChI is InChI=1S/C18H24BrN3O3/c1-18(2,3)25-17(24)21-7-6-13-9-22(11-14(13)10-21)16(23)12-4-5-15(19)20-8-12/h4-5,8,13-14H,6-7,9-11H2,1-3H3/t13-,14+/m1/s1. The molecule has 0 saturated carbocycles. The Balaban J connectivity index is 1.61. The van der Waals surface area contributed by atoms with E-state index in [4.69, 9.17) is 4.74 Å². The normalized spacial score (nSPS) is 23.4. The minimum absolute atomic E-state index is 0.0122. The number of nitrogens with zero attached hydrogens (tertiary/aromatic N) is 3. The Morgan fingerprint density at radius 1 is 1.16 bits per heavy atom. The van der Waals surface area contributed by atoms with Crippen molar-refractivity contribution in [1.29, 1.82) is 0 Å². The number of carbonyl (C=O) groups excluding carboxylic acids is 2. The van der Waals surface area contributed by atoms with E-state index in [0.29, 0.717) is 41.6 Å². The lowest BCUT2D eigenvalue weighted by Crippen LogP contribution is -2.45. The monoisotopic (exact) mass is 409 g/mol. The minimum Gasteiger partial charge on any atom is -0.444 e. The topological polar surface area (TPSA) is 62.7 Å². The van der Waals surface area contributed by atoms with Gasteiger partial charge in [-0.05, 0) is 67.1 Å². The Kier molecular flexibility index (Phi) is 5.04. The van der Waals surface area contributed by atoms with Crippen LogP contribution in [-0.2, 0) is 4.74 Å². The second-order valence-corrected chi connectivity index (χ2v) is 8.63. The molecular formula is C18H24BrN3O3. The first-order valence-electron chi connectivity index (χ1n) is 8.62. The summed E-state index contributed by atoms with van der Waals surface area (Å²) in [6.45, 7) is 8.40. The van der Waals surface area contributed by atoms with Gasteiger partial charge in [-0.1, -0.05) is 0 Å². The Hall–Kier alpha value is -1.63. The largest absolute Gasteiger partial charge is 0.444 e. The van der Waals surface area contributed by atoms with E-state index in [9.17, 15) is 9.59 Å². The highest BCUT2D eigenvalue weighted by atomic mass is 79.9. The number of ether oxygens (including phenoxy) is 1. The molecule has 2 atom stereocenters. The Labute approximate surface area is 156 Å². The number of rotatable bonds is 1. The van der Waals surface area contributed by atoms with Crippen molar-refractivity contribution in [3.05, 3.63) is 28.5 Å². The van der Waals surface area contributed by atoms with Crippen molar-refractivity contribution in [2.24, 2.45) is 11.8 Å². The summed E-state index contributed by atoms with van der Waals surface area (Å²) in [4.78, 5) is 32.8. The zero-order valence-corrected chi connectivity index (χ0v) is 16.5. The van der Waals surface area contributed by atoms with Crippen LogP contribution in [0.25, 0.3) is 0 Å². The molecular weight excluding hydrogens is 386 g/mol. The zero-order valence-electron chi connectivity index (χ0n) is 14.9. The predicted octanol–water partition coefficient (Wildman–Crippen LogP) is 3.17. The smallest absolute Gasteiger partial charge is 0.410 e. The van der Waals surface area contributed by atoms with E-state index in [1.54, 1.807) is 23.2 Å². The van der Waals surface area contributed by atoms with Crippen molar-refractivity contribution < 1.29 is 14.3 Å². The first kappa shape index (κ1) is 18.2. The molecule has 7 heteroatoms. The minimum atomic E-state index is -0.486. The molecule has 3 heterocycles. The lowest BCUT2D eigenvalue weighted by atomic mass is 9.89. The Morgan fingerprint density at radius 3 is 2.48 bits per heavy atom. The number of aromatic nitrogens is 1. The van der Waals surface area contributed by atoms with Crippen LogP contribution >= 0.6 is 15.9 Å². The molecule has 0 bridgehead atoms. The second kappa shape index (κ2) is 6.94. The van der Waals surface area contributed by atoms with E-state index in [1.165, 1.54) is 0 Å². The predicted molar refractivity (Wildman–Crippen MR) is 97.2 cm³/mol. The highest BCUT2D eigenvalue weighted by Crippen LogP contribution is 2.32. The number of likely N-dealkylation sites (tertiary alicyclic amines) is 2. The van der Waals surface area contributed by atoms with E-state index >= 15 is 0 Å². The molecule has 2 aliphatic heterocycles. The van der Waals surface area contributed by atoms with Crippen LogP contribution in [0.1, 0.15) is 37.6 Å². The lowest BCUT2D eigenvalue weighted by Gasteiger charge is -2.35. The molecule has 0 aromatic carbocycles. The molecule has 6 nitrogen and oxygen atoms in total. The molecule has 0 aliphatic carbocycles. The van der Waals surface area contributed by atoms with Crippen LogP contribution in [0, 0.1) is 11.8 Å². The van der Waals surface area contributed by atoms with Crippen LogP contribution < -0.4 is 0 Å². The Morgan fingerprint density at radius 2 is 1.84 bits per heavy atom. The molecule has 2 fully saturated rings. The summed E-state index contributed by atoms with van der Waals surface area (Å²) < 4.78 is 6.19. The fourth-order valence-corrected chi connectivity index (χ4v) is 3.75. The van der Waals surface area contributed by atoms with Gasteiger partial charge >= 0.3 is 6.09 Å². The fraction of sp³-hybridized carbons (Fsp3) is 0.611. The highest BCUT2D eigenvalue weighted by molar-refractivity contribution is 9.10. The lowest BCUT2D eigenvalue weighted by molar-refractivity contribution is 0.0139. The third kappa shape index (κ3) is 4.32. The van der Waals surface area contributed by atoms with Gasteiger partial charge in [0, 0.05) is 32.4 Å². The van der Waals surface area contributed by atoms with Crippen molar-refractivity contribution in [3.63, 3.8) is 0 Å². The highest BCUT2D eigenvalue weighted by Gasteiger charge is 2.41. The third-order valence-corrected chi connectivity index (χ3v) is 5.18.